The fourth-order valence-electron chi connectivity index (χ4n) is 2.77. The molecule has 118 valence electrons. The summed E-state index contributed by atoms with van der Waals surface area (Å²) in [6.07, 6.45) is 0.628. The van der Waals surface area contributed by atoms with Gasteiger partial charge in [0.05, 0.1) is 0 Å². The van der Waals surface area contributed by atoms with Gasteiger partial charge in [-0.25, -0.2) is 8.78 Å². The molecule has 3 rings (SSSR count). The maximum absolute atomic E-state index is 13.6. The first-order valence-electron chi connectivity index (χ1n) is 7.15. The minimum absolute atomic E-state index is 0.198. The number of nitrogens with one attached hydrogen (secondary N) is 1. The molecule has 1 N–H and O–H groups in total. The van der Waals surface area contributed by atoms with E-state index in [1.54, 1.807) is 12.1 Å². The van der Waals surface area contributed by atoms with Crippen molar-refractivity contribution in [3.05, 3.63) is 59.7 Å². The molecule has 0 radical (unpaired) electrons. The minimum Gasteiger partial charge on any atom is -0.313 e. The van der Waals surface area contributed by atoms with Gasteiger partial charge in [0.1, 0.15) is 17.3 Å². The lowest BCUT2D eigenvalue weighted by molar-refractivity contribution is -0.134. The second-order valence-corrected chi connectivity index (χ2v) is 5.41. The van der Waals surface area contributed by atoms with Crippen LogP contribution in [0.15, 0.2) is 42.5 Å². The highest BCUT2D eigenvalue weighted by Crippen LogP contribution is 2.32. The molecule has 0 fully saturated rings. The number of hydrogen-bond acceptors (Lipinski definition) is 2. The molecule has 0 saturated carbocycles. The van der Waals surface area contributed by atoms with Gasteiger partial charge in [-0.1, -0.05) is 24.3 Å². The van der Waals surface area contributed by atoms with Crippen molar-refractivity contribution < 1.29 is 18.4 Å². The summed E-state index contributed by atoms with van der Waals surface area (Å²) in [5.41, 5.74) is 0.985. The number of nitrogens with zero attached hydrogens (tertiary/aromatic N) is 1. The highest BCUT2D eigenvalue weighted by molar-refractivity contribution is 6.44. The van der Waals surface area contributed by atoms with Gasteiger partial charge >= 0.3 is 11.8 Å². The van der Waals surface area contributed by atoms with Crippen molar-refractivity contribution in [3.8, 4) is 0 Å². The number of carbonyl (C=O) groups is 2. The Morgan fingerprint density at radius 3 is 2.43 bits per heavy atom. The van der Waals surface area contributed by atoms with Crippen molar-refractivity contribution in [1.82, 2.24) is 0 Å². The molecule has 0 spiro atoms. The number of fused-ring (bicyclic) bond motifs is 1. The lowest BCUT2D eigenvalue weighted by Gasteiger charge is -2.22. The third kappa shape index (κ3) is 2.67. The summed E-state index contributed by atoms with van der Waals surface area (Å²) in [5, 5.41) is 2.03. The van der Waals surface area contributed by atoms with Gasteiger partial charge in [-0.15, -0.1) is 0 Å². The maximum Gasteiger partial charge on any atom is 0.316 e. The van der Waals surface area contributed by atoms with Crippen LogP contribution in [0.1, 0.15) is 12.5 Å². The van der Waals surface area contributed by atoms with Crippen LogP contribution in [0.25, 0.3) is 0 Å². The van der Waals surface area contributed by atoms with Crippen LogP contribution in [0.4, 0.5) is 20.2 Å². The first-order valence-corrected chi connectivity index (χ1v) is 7.15. The molecule has 2 amide bonds. The summed E-state index contributed by atoms with van der Waals surface area (Å²) in [7, 11) is 0. The minimum atomic E-state index is -1.07. The fourth-order valence-corrected chi connectivity index (χ4v) is 2.77. The lowest BCUT2D eigenvalue weighted by atomic mass is 10.1. The average Bonchev–Trinajstić information content (AvgIpc) is 2.86. The first kappa shape index (κ1) is 15.1. The summed E-state index contributed by atoms with van der Waals surface area (Å²) >= 11 is 0. The van der Waals surface area contributed by atoms with E-state index >= 15 is 0 Å². The molecule has 2 aromatic rings. The third-order valence-corrected chi connectivity index (χ3v) is 3.82. The summed E-state index contributed by atoms with van der Waals surface area (Å²) in [4.78, 5) is 25.9. The number of anilines is 2. The zero-order valence-electron chi connectivity index (χ0n) is 12.3. The van der Waals surface area contributed by atoms with Crippen LogP contribution in [-0.2, 0) is 16.0 Å². The largest absolute Gasteiger partial charge is 0.316 e. The number of carbonyl (C=O) groups excluding carboxylic acids is 2. The Bertz CT molecular complexity index is 772. The predicted octanol–water partition coefficient (Wildman–Crippen LogP) is 2.88. The topological polar surface area (TPSA) is 49.4 Å². The fraction of sp³-hybridized carbons (Fsp3) is 0.176. The second-order valence-electron chi connectivity index (χ2n) is 5.41. The molecule has 2 aromatic carbocycles. The standard InChI is InChI=1S/C17H14F2N2O2/c1-10-9-11-5-2-3-8-14(11)21(10)17(23)16(22)20-15-12(18)6-4-7-13(15)19/h2-8,10H,9H2,1H3,(H,20,22). The van der Waals surface area contributed by atoms with Crippen LogP contribution in [-0.4, -0.2) is 17.9 Å². The van der Waals surface area contributed by atoms with Gasteiger partial charge in [0, 0.05) is 11.7 Å². The van der Waals surface area contributed by atoms with Crippen molar-refractivity contribution in [2.24, 2.45) is 0 Å². The summed E-state index contributed by atoms with van der Waals surface area (Å²) in [6, 6.07) is 10.3. The normalized spacial score (nSPS) is 16.1. The summed E-state index contributed by atoms with van der Waals surface area (Å²) < 4.78 is 27.2. The van der Waals surface area contributed by atoms with Crippen molar-refractivity contribution in [2.45, 2.75) is 19.4 Å². The summed E-state index contributed by atoms with van der Waals surface area (Å²) in [5.74, 6) is -3.77. The SMILES string of the molecule is CC1Cc2ccccc2N1C(=O)C(=O)Nc1c(F)cccc1F. The van der Waals surface area contributed by atoms with E-state index in [1.165, 1.54) is 11.0 Å². The van der Waals surface area contributed by atoms with Crippen molar-refractivity contribution >= 4 is 23.2 Å². The molecule has 0 saturated heterocycles. The molecule has 23 heavy (non-hydrogen) atoms. The lowest BCUT2D eigenvalue weighted by Crippen LogP contribution is -2.43. The van der Waals surface area contributed by atoms with Crippen LogP contribution in [0.3, 0.4) is 0 Å². The van der Waals surface area contributed by atoms with E-state index in [9.17, 15) is 18.4 Å². The molecular formula is C17H14F2N2O2. The van der Waals surface area contributed by atoms with E-state index < -0.39 is 29.1 Å². The van der Waals surface area contributed by atoms with E-state index in [4.69, 9.17) is 0 Å². The molecule has 0 aliphatic carbocycles. The van der Waals surface area contributed by atoms with Gasteiger partial charge in [-0.05, 0) is 37.1 Å². The quantitative estimate of drug-likeness (QED) is 0.823. The Balaban J connectivity index is 1.85. The second kappa shape index (κ2) is 5.79. The van der Waals surface area contributed by atoms with Crippen LogP contribution in [0.2, 0.25) is 0 Å². The number of para-hydroxylation sites is 2. The van der Waals surface area contributed by atoms with E-state index in [0.717, 1.165) is 17.7 Å². The molecule has 1 aliphatic heterocycles. The van der Waals surface area contributed by atoms with Gasteiger partial charge in [0.15, 0.2) is 0 Å². The monoisotopic (exact) mass is 316 g/mol. The summed E-state index contributed by atoms with van der Waals surface area (Å²) in [6.45, 7) is 1.81. The Hall–Kier alpha value is -2.76. The average molecular weight is 316 g/mol. The number of rotatable bonds is 1. The molecular weight excluding hydrogens is 302 g/mol. The molecule has 6 heteroatoms. The number of amides is 2. The number of benzene rings is 2. The third-order valence-electron chi connectivity index (χ3n) is 3.82. The van der Waals surface area contributed by atoms with Crippen LogP contribution >= 0.6 is 0 Å². The van der Waals surface area contributed by atoms with Crippen molar-refractivity contribution in [3.63, 3.8) is 0 Å². The van der Waals surface area contributed by atoms with E-state index in [2.05, 4.69) is 0 Å². The van der Waals surface area contributed by atoms with Gasteiger partial charge in [-0.2, -0.15) is 0 Å². The molecule has 1 atom stereocenters. The molecule has 1 heterocycles. The van der Waals surface area contributed by atoms with Gasteiger partial charge in [0.2, 0.25) is 0 Å². The first-order chi connectivity index (χ1) is 11.0. The highest BCUT2D eigenvalue weighted by Gasteiger charge is 2.34. The predicted molar refractivity (Wildman–Crippen MR) is 82.1 cm³/mol. The van der Waals surface area contributed by atoms with Crippen LogP contribution in [0.5, 0.6) is 0 Å². The Kier molecular flexibility index (Phi) is 3.82. The smallest absolute Gasteiger partial charge is 0.313 e. The van der Waals surface area contributed by atoms with Gasteiger partial charge in [-0.3, -0.25) is 9.59 Å². The van der Waals surface area contributed by atoms with Gasteiger partial charge in [0.25, 0.3) is 0 Å². The molecule has 0 aromatic heterocycles. The van der Waals surface area contributed by atoms with E-state index in [0.29, 0.717) is 12.1 Å². The van der Waals surface area contributed by atoms with Gasteiger partial charge < -0.3 is 10.2 Å². The number of halogens is 2. The zero-order chi connectivity index (χ0) is 16.6. The van der Waals surface area contributed by atoms with Crippen LogP contribution < -0.4 is 10.2 Å². The highest BCUT2D eigenvalue weighted by atomic mass is 19.1. The molecule has 1 aliphatic rings. The Morgan fingerprint density at radius 2 is 1.74 bits per heavy atom. The Morgan fingerprint density at radius 1 is 1.09 bits per heavy atom. The van der Waals surface area contributed by atoms with Crippen LogP contribution in [0, 0.1) is 11.6 Å². The van der Waals surface area contributed by atoms with E-state index in [1.807, 2.05) is 24.4 Å². The zero-order valence-corrected chi connectivity index (χ0v) is 12.3. The van der Waals surface area contributed by atoms with E-state index in [-0.39, 0.29) is 6.04 Å². The number of hydrogen-bond donors (Lipinski definition) is 1. The molecule has 4 nitrogen and oxygen atoms in total. The Labute approximate surface area is 131 Å². The van der Waals surface area contributed by atoms with Crippen molar-refractivity contribution in [1.29, 1.82) is 0 Å². The van der Waals surface area contributed by atoms with Crippen molar-refractivity contribution in [2.75, 3.05) is 10.2 Å². The molecule has 0 bridgehead atoms. The maximum atomic E-state index is 13.6. The molecule has 1 unspecified atom stereocenters.